The molecule has 1 fully saturated rings. The van der Waals surface area contributed by atoms with E-state index >= 15 is 0 Å². The fraction of sp³-hybridized carbons (Fsp3) is 0.647. The monoisotopic (exact) mass is 258 g/mol. The molecule has 0 spiro atoms. The molecule has 0 aliphatic carbocycles. The third-order valence-electron chi connectivity index (χ3n) is 4.51. The summed E-state index contributed by atoms with van der Waals surface area (Å²) in [5, 5.41) is 3.47. The molecule has 0 saturated carbocycles. The third-order valence-corrected chi connectivity index (χ3v) is 4.51. The normalized spacial score (nSPS) is 28.1. The first-order chi connectivity index (χ1) is 9.20. The van der Waals surface area contributed by atoms with Gasteiger partial charge >= 0.3 is 0 Å². The first kappa shape index (κ1) is 13.1. The molecule has 19 heavy (non-hydrogen) atoms. The van der Waals surface area contributed by atoms with Crippen LogP contribution >= 0.6 is 0 Å². The van der Waals surface area contributed by atoms with Crippen LogP contribution in [0, 0.1) is 11.8 Å². The van der Waals surface area contributed by atoms with Crippen molar-refractivity contribution in [1.82, 2.24) is 10.2 Å². The van der Waals surface area contributed by atoms with E-state index in [9.17, 15) is 0 Å². The summed E-state index contributed by atoms with van der Waals surface area (Å²) in [4.78, 5) is 2.64. The highest BCUT2D eigenvalue weighted by molar-refractivity contribution is 5.33. The van der Waals surface area contributed by atoms with Crippen LogP contribution in [-0.4, -0.2) is 24.5 Å². The largest absolute Gasteiger partial charge is 0.312 e. The number of fused-ring (bicyclic) bond motifs is 1. The molecule has 2 heteroatoms. The highest BCUT2D eigenvalue weighted by Crippen LogP contribution is 2.23. The minimum atomic E-state index is 0.850. The number of rotatable bonds is 2. The van der Waals surface area contributed by atoms with E-state index < -0.39 is 0 Å². The molecule has 0 radical (unpaired) electrons. The molecule has 2 heterocycles. The van der Waals surface area contributed by atoms with Gasteiger partial charge < -0.3 is 5.32 Å². The number of likely N-dealkylation sites (tertiary alicyclic amines) is 1. The molecule has 1 aromatic rings. The molecule has 2 atom stereocenters. The summed E-state index contributed by atoms with van der Waals surface area (Å²) in [5.74, 6) is 1.70. The molecule has 2 aliphatic rings. The first-order valence-electron chi connectivity index (χ1n) is 7.74. The molecule has 0 amide bonds. The molecule has 104 valence electrons. The summed E-state index contributed by atoms with van der Waals surface area (Å²) < 4.78 is 0. The highest BCUT2D eigenvalue weighted by atomic mass is 15.1. The van der Waals surface area contributed by atoms with Crippen LogP contribution in [0.25, 0.3) is 0 Å². The van der Waals surface area contributed by atoms with Crippen LogP contribution in [0.5, 0.6) is 0 Å². The second kappa shape index (κ2) is 5.64. The SMILES string of the molecule is CC1CC(C)CN(Cc2ccc3c(c2)CNCC3)C1. The summed E-state index contributed by atoms with van der Waals surface area (Å²) in [5.41, 5.74) is 4.55. The van der Waals surface area contributed by atoms with Crippen LogP contribution in [0.3, 0.4) is 0 Å². The van der Waals surface area contributed by atoms with Gasteiger partial charge in [-0.05, 0) is 47.9 Å². The Labute approximate surface area is 117 Å². The molecule has 2 nitrogen and oxygen atoms in total. The Kier molecular flexibility index (Phi) is 3.90. The van der Waals surface area contributed by atoms with Crippen molar-refractivity contribution in [2.45, 2.75) is 39.8 Å². The Balaban J connectivity index is 1.69. The average molecular weight is 258 g/mol. The minimum Gasteiger partial charge on any atom is -0.312 e. The predicted octanol–water partition coefficient (Wildman–Crippen LogP) is 2.81. The highest BCUT2D eigenvalue weighted by Gasteiger charge is 2.21. The lowest BCUT2D eigenvalue weighted by Crippen LogP contribution is -2.38. The number of hydrogen-bond acceptors (Lipinski definition) is 2. The second-order valence-electron chi connectivity index (χ2n) is 6.67. The van der Waals surface area contributed by atoms with Crippen molar-refractivity contribution >= 4 is 0 Å². The zero-order chi connectivity index (χ0) is 13.2. The quantitative estimate of drug-likeness (QED) is 0.877. The van der Waals surface area contributed by atoms with E-state index in [4.69, 9.17) is 0 Å². The van der Waals surface area contributed by atoms with E-state index in [1.54, 1.807) is 5.56 Å². The Bertz CT molecular complexity index is 431. The van der Waals surface area contributed by atoms with Gasteiger partial charge in [0.15, 0.2) is 0 Å². The lowest BCUT2D eigenvalue weighted by Gasteiger charge is -2.35. The van der Waals surface area contributed by atoms with E-state index in [1.807, 2.05) is 0 Å². The van der Waals surface area contributed by atoms with Crippen molar-refractivity contribution in [3.05, 3.63) is 34.9 Å². The van der Waals surface area contributed by atoms with Gasteiger partial charge in [-0.25, -0.2) is 0 Å². The number of nitrogens with one attached hydrogen (secondary N) is 1. The van der Waals surface area contributed by atoms with Gasteiger partial charge in [-0.1, -0.05) is 32.0 Å². The topological polar surface area (TPSA) is 15.3 Å². The molecule has 1 saturated heterocycles. The Morgan fingerprint density at radius 3 is 2.74 bits per heavy atom. The van der Waals surface area contributed by atoms with Crippen LogP contribution in [-0.2, 0) is 19.5 Å². The maximum Gasteiger partial charge on any atom is 0.0234 e. The molecule has 0 aromatic heterocycles. The van der Waals surface area contributed by atoms with E-state index in [0.29, 0.717) is 0 Å². The number of hydrogen-bond donors (Lipinski definition) is 1. The molecule has 2 aliphatic heterocycles. The number of nitrogens with zero attached hydrogens (tertiary/aromatic N) is 1. The molecule has 1 N–H and O–H groups in total. The van der Waals surface area contributed by atoms with E-state index in [2.05, 4.69) is 42.3 Å². The summed E-state index contributed by atoms with van der Waals surface area (Å²) in [6.07, 6.45) is 2.58. The smallest absolute Gasteiger partial charge is 0.0234 e. The van der Waals surface area contributed by atoms with E-state index in [-0.39, 0.29) is 0 Å². The molecule has 0 bridgehead atoms. The van der Waals surface area contributed by atoms with Gasteiger partial charge in [0.1, 0.15) is 0 Å². The van der Waals surface area contributed by atoms with Gasteiger partial charge in [0.2, 0.25) is 0 Å². The van der Waals surface area contributed by atoms with Gasteiger partial charge in [0.25, 0.3) is 0 Å². The summed E-state index contributed by atoms with van der Waals surface area (Å²) in [7, 11) is 0. The van der Waals surface area contributed by atoms with Crippen molar-refractivity contribution in [2.75, 3.05) is 19.6 Å². The van der Waals surface area contributed by atoms with Crippen molar-refractivity contribution in [2.24, 2.45) is 11.8 Å². The summed E-state index contributed by atoms with van der Waals surface area (Å²) >= 11 is 0. The standard InChI is InChI=1S/C17H26N2/c1-13-7-14(2)11-19(10-13)12-15-3-4-16-5-6-18-9-17(16)8-15/h3-4,8,13-14,18H,5-7,9-12H2,1-2H3. The van der Waals surface area contributed by atoms with Crippen LogP contribution in [0.15, 0.2) is 18.2 Å². The lowest BCUT2D eigenvalue weighted by molar-refractivity contribution is 0.134. The first-order valence-corrected chi connectivity index (χ1v) is 7.74. The number of benzene rings is 1. The average Bonchev–Trinajstić information content (AvgIpc) is 2.37. The van der Waals surface area contributed by atoms with Crippen LogP contribution < -0.4 is 5.32 Å². The summed E-state index contributed by atoms with van der Waals surface area (Å²) in [6, 6.07) is 7.11. The molecule has 3 rings (SSSR count). The maximum atomic E-state index is 3.47. The third kappa shape index (κ3) is 3.18. The molecular weight excluding hydrogens is 232 g/mol. The summed E-state index contributed by atoms with van der Waals surface area (Å²) in [6.45, 7) is 10.6. The van der Waals surface area contributed by atoms with Crippen molar-refractivity contribution in [3.63, 3.8) is 0 Å². The van der Waals surface area contributed by atoms with Crippen molar-refractivity contribution in [3.8, 4) is 0 Å². The zero-order valence-electron chi connectivity index (χ0n) is 12.3. The van der Waals surface area contributed by atoms with E-state index in [1.165, 1.54) is 37.1 Å². The fourth-order valence-corrected chi connectivity index (χ4v) is 3.81. The minimum absolute atomic E-state index is 0.850. The fourth-order valence-electron chi connectivity index (χ4n) is 3.81. The number of piperidine rings is 1. The van der Waals surface area contributed by atoms with Gasteiger partial charge in [-0.3, -0.25) is 4.90 Å². The predicted molar refractivity (Wildman–Crippen MR) is 80.1 cm³/mol. The van der Waals surface area contributed by atoms with Gasteiger partial charge in [0.05, 0.1) is 0 Å². The van der Waals surface area contributed by atoms with Gasteiger partial charge in [-0.15, -0.1) is 0 Å². The Hall–Kier alpha value is -0.860. The van der Waals surface area contributed by atoms with Crippen LogP contribution in [0.2, 0.25) is 0 Å². The Morgan fingerprint density at radius 2 is 1.95 bits per heavy atom. The van der Waals surface area contributed by atoms with Gasteiger partial charge in [0, 0.05) is 26.2 Å². The van der Waals surface area contributed by atoms with Crippen LogP contribution in [0.1, 0.15) is 37.0 Å². The molecule has 2 unspecified atom stereocenters. The maximum absolute atomic E-state index is 3.47. The van der Waals surface area contributed by atoms with Crippen molar-refractivity contribution < 1.29 is 0 Å². The van der Waals surface area contributed by atoms with Crippen molar-refractivity contribution in [1.29, 1.82) is 0 Å². The van der Waals surface area contributed by atoms with Gasteiger partial charge in [-0.2, -0.15) is 0 Å². The second-order valence-corrected chi connectivity index (χ2v) is 6.67. The van der Waals surface area contributed by atoms with E-state index in [0.717, 1.165) is 31.5 Å². The molecule has 1 aromatic carbocycles. The van der Waals surface area contributed by atoms with Crippen LogP contribution in [0.4, 0.5) is 0 Å². The lowest BCUT2D eigenvalue weighted by atomic mass is 9.91. The zero-order valence-corrected chi connectivity index (χ0v) is 12.3. The molecular formula is C17H26N2. The Morgan fingerprint density at radius 1 is 1.16 bits per heavy atom.